The monoisotopic (exact) mass is 571 g/mol. The van der Waals surface area contributed by atoms with Crippen molar-refractivity contribution in [3.05, 3.63) is 88.9 Å². The first kappa shape index (κ1) is 30.0. The van der Waals surface area contributed by atoms with Crippen LogP contribution < -0.4 is 14.4 Å². The fraction of sp³-hybridized carbons (Fsp3) is 0.310. The number of nitrogens with one attached hydrogen (secondary N) is 1. The zero-order valence-corrected chi connectivity index (χ0v) is 24.3. The van der Waals surface area contributed by atoms with Crippen LogP contribution in [-0.4, -0.2) is 50.9 Å². The van der Waals surface area contributed by atoms with E-state index < -0.39 is 28.5 Å². The third-order valence-electron chi connectivity index (χ3n) is 6.14. The summed E-state index contributed by atoms with van der Waals surface area (Å²) in [5.41, 5.74) is 1.63. The van der Waals surface area contributed by atoms with Gasteiger partial charge in [0.1, 0.15) is 18.3 Å². The predicted octanol–water partition coefficient (Wildman–Crippen LogP) is 4.79. The molecule has 0 saturated heterocycles. The minimum atomic E-state index is -4.16. The largest absolute Gasteiger partial charge is 0.497 e. The summed E-state index contributed by atoms with van der Waals surface area (Å²) in [5.74, 6) is -0.303. The molecule has 0 saturated carbocycles. The highest BCUT2D eigenvalue weighted by Crippen LogP contribution is 2.30. The summed E-state index contributed by atoms with van der Waals surface area (Å²) >= 11 is 6.25. The fourth-order valence-electron chi connectivity index (χ4n) is 4.04. The molecule has 1 N–H and O–H groups in total. The number of nitrogens with zero attached hydrogens (tertiary/aromatic N) is 2. The summed E-state index contributed by atoms with van der Waals surface area (Å²) in [5, 5.41) is 3.17. The van der Waals surface area contributed by atoms with E-state index >= 15 is 0 Å². The smallest absolute Gasteiger partial charge is 0.264 e. The topological polar surface area (TPSA) is 96.0 Å². The molecule has 0 aliphatic carbocycles. The van der Waals surface area contributed by atoms with E-state index in [2.05, 4.69) is 5.32 Å². The minimum absolute atomic E-state index is 0.0297. The first-order valence-electron chi connectivity index (χ1n) is 12.5. The Morgan fingerprint density at radius 2 is 1.67 bits per heavy atom. The fourth-order valence-corrected chi connectivity index (χ4v) is 5.70. The van der Waals surface area contributed by atoms with Crippen LogP contribution >= 0.6 is 11.6 Å². The van der Waals surface area contributed by atoms with E-state index in [0.717, 1.165) is 9.87 Å². The predicted molar refractivity (Wildman–Crippen MR) is 153 cm³/mol. The van der Waals surface area contributed by atoms with E-state index in [4.69, 9.17) is 16.3 Å². The highest BCUT2D eigenvalue weighted by molar-refractivity contribution is 7.92. The molecule has 0 heterocycles. The van der Waals surface area contributed by atoms with Crippen LogP contribution in [0.15, 0.2) is 77.7 Å². The van der Waals surface area contributed by atoms with E-state index in [-0.39, 0.29) is 29.1 Å². The minimum Gasteiger partial charge on any atom is -0.497 e. The van der Waals surface area contributed by atoms with E-state index in [1.54, 1.807) is 69.5 Å². The van der Waals surface area contributed by atoms with Crippen molar-refractivity contribution in [2.45, 2.75) is 51.2 Å². The average Bonchev–Trinajstić information content (AvgIpc) is 2.91. The molecule has 0 aliphatic rings. The molecule has 0 unspecified atom stereocenters. The third-order valence-corrected chi connectivity index (χ3v) is 8.14. The van der Waals surface area contributed by atoms with E-state index in [1.807, 2.05) is 19.9 Å². The molecular weight excluding hydrogens is 538 g/mol. The van der Waals surface area contributed by atoms with Crippen molar-refractivity contribution in [1.82, 2.24) is 10.2 Å². The molecule has 0 aromatic heterocycles. The highest BCUT2D eigenvalue weighted by atomic mass is 35.5. The number of methoxy groups -OCH3 is 1. The van der Waals surface area contributed by atoms with Crippen molar-refractivity contribution >= 4 is 39.1 Å². The Balaban J connectivity index is 2.07. The van der Waals surface area contributed by atoms with Gasteiger partial charge in [-0.15, -0.1) is 0 Å². The second-order valence-electron chi connectivity index (χ2n) is 9.47. The molecule has 3 rings (SSSR count). The first-order chi connectivity index (χ1) is 18.4. The first-order valence-corrected chi connectivity index (χ1v) is 14.3. The zero-order valence-electron chi connectivity index (χ0n) is 22.7. The molecule has 0 spiro atoms. The number of halogens is 1. The van der Waals surface area contributed by atoms with Gasteiger partial charge in [0.25, 0.3) is 10.0 Å². The molecule has 39 heavy (non-hydrogen) atoms. The third kappa shape index (κ3) is 7.52. The lowest BCUT2D eigenvalue weighted by molar-refractivity contribution is -0.139. The Bertz CT molecular complexity index is 1410. The Kier molecular flexibility index (Phi) is 9.99. The summed E-state index contributed by atoms with van der Waals surface area (Å²) in [6.07, 6.45) is 0. The number of carbonyl (C=O) groups excluding carboxylic acids is 2. The van der Waals surface area contributed by atoms with E-state index in [0.29, 0.717) is 16.3 Å². The maximum Gasteiger partial charge on any atom is 0.264 e. The van der Waals surface area contributed by atoms with Crippen molar-refractivity contribution in [3.63, 3.8) is 0 Å². The Morgan fingerprint density at radius 1 is 0.974 bits per heavy atom. The summed E-state index contributed by atoms with van der Waals surface area (Å²) in [4.78, 5) is 28.4. The Morgan fingerprint density at radius 3 is 2.31 bits per heavy atom. The van der Waals surface area contributed by atoms with Crippen molar-refractivity contribution in [1.29, 1.82) is 0 Å². The number of sulfonamides is 1. The lowest BCUT2D eigenvalue weighted by atomic mass is 10.1. The summed E-state index contributed by atoms with van der Waals surface area (Å²) in [6.45, 7) is 6.55. The van der Waals surface area contributed by atoms with Gasteiger partial charge in [-0.3, -0.25) is 13.9 Å². The second kappa shape index (κ2) is 13.0. The molecule has 8 nitrogen and oxygen atoms in total. The number of amides is 2. The van der Waals surface area contributed by atoms with Crippen molar-refractivity contribution in [3.8, 4) is 5.75 Å². The maximum absolute atomic E-state index is 14.0. The molecule has 10 heteroatoms. The van der Waals surface area contributed by atoms with Gasteiger partial charge in [-0.05, 0) is 75.2 Å². The Labute approximate surface area is 235 Å². The number of hydrogen-bond donors (Lipinski definition) is 1. The molecule has 208 valence electrons. The lowest BCUT2D eigenvalue weighted by Crippen LogP contribution is -2.52. The summed E-state index contributed by atoms with van der Waals surface area (Å²) < 4.78 is 34.1. The van der Waals surface area contributed by atoms with Gasteiger partial charge in [0.05, 0.1) is 17.7 Å². The average molecular weight is 572 g/mol. The van der Waals surface area contributed by atoms with Crippen molar-refractivity contribution in [2.24, 2.45) is 0 Å². The standard InChI is InChI=1S/C29H34ClN3O5S/c1-20(2)31-29(35)22(4)32(18-23-10-9-11-25(16-23)38-5)28(34)19-33(27-17-24(30)15-14-21(27)3)39(36,37)26-12-7-6-8-13-26/h6-17,20,22H,18-19H2,1-5H3,(H,31,35)/t22-/m0/s1. The van der Waals surface area contributed by atoms with Gasteiger partial charge in [-0.1, -0.05) is 48.0 Å². The molecule has 0 fully saturated rings. The number of hydrogen-bond acceptors (Lipinski definition) is 5. The van der Waals surface area contributed by atoms with Crippen LogP contribution in [0.3, 0.4) is 0 Å². The SMILES string of the molecule is COc1cccc(CN(C(=O)CN(c2cc(Cl)ccc2C)S(=O)(=O)c2ccccc2)[C@@H](C)C(=O)NC(C)C)c1. The van der Waals surface area contributed by atoms with E-state index in [9.17, 15) is 18.0 Å². The molecule has 3 aromatic rings. The van der Waals surface area contributed by atoms with Gasteiger partial charge in [0, 0.05) is 17.6 Å². The number of aryl methyl sites for hydroxylation is 1. The summed E-state index contributed by atoms with van der Waals surface area (Å²) in [7, 11) is -2.62. The van der Waals surface area contributed by atoms with Gasteiger partial charge < -0.3 is 15.0 Å². The van der Waals surface area contributed by atoms with Crippen molar-refractivity contribution < 1.29 is 22.7 Å². The van der Waals surface area contributed by atoms with Gasteiger partial charge in [-0.2, -0.15) is 0 Å². The molecule has 3 aromatic carbocycles. The summed E-state index contributed by atoms with van der Waals surface area (Å²) in [6, 6.07) is 18.9. The number of benzene rings is 3. The van der Waals surface area contributed by atoms with Gasteiger partial charge in [0.15, 0.2) is 0 Å². The van der Waals surface area contributed by atoms with Crippen molar-refractivity contribution in [2.75, 3.05) is 18.0 Å². The number of anilines is 1. The van der Waals surface area contributed by atoms with Crippen LogP contribution in [0.2, 0.25) is 5.02 Å². The van der Waals surface area contributed by atoms with Gasteiger partial charge in [-0.25, -0.2) is 8.42 Å². The molecule has 0 bridgehead atoms. The van der Waals surface area contributed by atoms with Crippen LogP contribution in [0, 0.1) is 6.92 Å². The quantitative estimate of drug-likeness (QED) is 0.357. The Hall–Kier alpha value is -3.56. The molecular formula is C29H34ClN3O5S. The molecule has 1 atom stereocenters. The van der Waals surface area contributed by atoms with Crippen LogP contribution in [0.1, 0.15) is 31.9 Å². The van der Waals surface area contributed by atoms with Crippen LogP contribution in [0.4, 0.5) is 5.69 Å². The van der Waals surface area contributed by atoms with Crippen LogP contribution in [-0.2, 0) is 26.2 Å². The second-order valence-corrected chi connectivity index (χ2v) is 11.8. The van der Waals surface area contributed by atoms with E-state index in [1.165, 1.54) is 23.1 Å². The maximum atomic E-state index is 14.0. The number of rotatable bonds is 11. The zero-order chi connectivity index (χ0) is 28.7. The number of ether oxygens (including phenoxy) is 1. The molecule has 0 radical (unpaired) electrons. The number of carbonyl (C=O) groups is 2. The van der Waals surface area contributed by atoms with Gasteiger partial charge >= 0.3 is 0 Å². The molecule has 0 aliphatic heterocycles. The lowest BCUT2D eigenvalue weighted by Gasteiger charge is -2.32. The van der Waals surface area contributed by atoms with Crippen LogP contribution in [0.5, 0.6) is 5.75 Å². The molecule has 2 amide bonds. The van der Waals surface area contributed by atoms with Gasteiger partial charge in [0.2, 0.25) is 11.8 Å². The normalized spacial score (nSPS) is 12.1. The highest BCUT2D eigenvalue weighted by Gasteiger charge is 2.33. The van der Waals surface area contributed by atoms with Crippen LogP contribution in [0.25, 0.3) is 0 Å².